The lowest BCUT2D eigenvalue weighted by atomic mass is 10.1. The number of carbonyl (C=O) groups is 4. The van der Waals surface area contributed by atoms with Gasteiger partial charge in [-0.05, 0) is 161 Å². The topological polar surface area (TPSA) is 237 Å². The highest BCUT2D eigenvalue weighted by molar-refractivity contribution is 7.47. The molecule has 108 heavy (non-hydrogen) atoms. The molecule has 0 aliphatic heterocycles. The molecule has 0 rings (SSSR count). The summed E-state index contributed by atoms with van der Waals surface area (Å²) in [6.45, 7) is 4.25. The quantitative estimate of drug-likeness (QED) is 0.0169. The number of allylic oxidation sites excluding steroid dienone is 33. The fraction of sp³-hybridized carbons (Fsp3) is 0.573. The third-order valence-electron chi connectivity index (χ3n) is 15.8. The first-order chi connectivity index (χ1) is 52.7. The maximum atomic E-state index is 13.1. The number of rotatable bonds is 73. The largest absolute Gasteiger partial charge is 0.472 e. The van der Waals surface area contributed by atoms with E-state index < -0.39 is 97.5 Å². The molecular formula is C89H140O17P2. The summed E-state index contributed by atoms with van der Waals surface area (Å²) in [6.07, 6.45) is 98.6. The summed E-state index contributed by atoms with van der Waals surface area (Å²) in [6, 6.07) is 0. The normalized spacial score (nSPS) is 14.9. The van der Waals surface area contributed by atoms with Gasteiger partial charge in [0.2, 0.25) is 0 Å². The second-order valence-electron chi connectivity index (χ2n) is 25.9. The highest BCUT2D eigenvalue weighted by Gasteiger charge is 2.30. The molecule has 0 saturated heterocycles. The standard InChI is InChI=1S/C89H140O17P2/c1-5-9-13-17-21-25-29-33-37-39-41-43-47-49-53-57-61-65-69-73-86(91)99-79-84(105-88(93)75-71-67-63-59-55-51-45-35-31-27-23-19-15-11-7-3)81-103-107(95,96)101-77-83(90)78-102-108(97,98)104-82-85(106-89(94)76-72-68-64-60-56-52-46-36-32-28-24-20-16-12-8-4)80-100-87(92)74-70-66-62-58-54-50-48-44-42-40-38-34-30-26-22-18-14-10-6-2/h9-11,13-15,21-23,25-27,33-38,41-46,49-50,53-55,59,62,66-67,71,83-85,90H,5-8,12,16-20,24,28-32,39-40,47-48,51-52,56-58,60-61,63-65,68-70,72-82H2,1-4H3,(H,95,96)(H,97,98)/b13-9-,14-10-,15-11-,25-21-,26-22-,27-23-,37-33-,38-34-,43-41-,44-42-,45-35-,46-36-,53-49-,54-50-,59-55-,66-62-,71-67-. The number of aliphatic hydroxyl groups is 1. The molecule has 0 heterocycles. The van der Waals surface area contributed by atoms with Crippen LogP contribution in [0.5, 0.6) is 0 Å². The van der Waals surface area contributed by atoms with Crippen LogP contribution >= 0.6 is 15.6 Å². The Kier molecular flexibility index (Phi) is 74.1. The second kappa shape index (κ2) is 78.8. The first-order valence-electron chi connectivity index (χ1n) is 40.3. The van der Waals surface area contributed by atoms with Gasteiger partial charge in [0.1, 0.15) is 19.3 Å². The van der Waals surface area contributed by atoms with E-state index in [0.717, 1.165) is 148 Å². The molecular weight excluding hydrogens is 1400 g/mol. The number of ether oxygens (including phenoxy) is 4. The number of hydrogen-bond acceptors (Lipinski definition) is 15. The zero-order chi connectivity index (χ0) is 78.9. The summed E-state index contributed by atoms with van der Waals surface area (Å²) in [5.41, 5.74) is 0. The van der Waals surface area contributed by atoms with Gasteiger partial charge in [0, 0.05) is 19.3 Å². The van der Waals surface area contributed by atoms with Crippen molar-refractivity contribution < 1.29 is 80.2 Å². The Morgan fingerprint density at radius 1 is 0.278 bits per heavy atom. The molecule has 17 nitrogen and oxygen atoms in total. The predicted octanol–water partition coefficient (Wildman–Crippen LogP) is 23.9. The van der Waals surface area contributed by atoms with Crippen LogP contribution in [0.3, 0.4) is 0 Å². The number of phosphoric acid groups is 2. The van der Waals surface area contributed by atoms with Crippen molar-refractivity contribution in [2.45, 2.75) is 290 Å². The minimum Gasteiger partial charge on any atom is -0.462 e. The number of hydrogen-bond donors (Lipinski definition) is 3. The van der Waals surface area contributed by atoms with Gasteiger partial charge in [0.15, 0.2) is 12.2 Å². The van der Waals surface area contributed by atoms with Crippen molar-refractivity contribution in [3.05, 3.63) is 207 Å². The fourth-order valence-corrected chi connectivity index (χ4v) is 11.3. The maximum Gasteiger partial charge on any atom is 0.472 e. The van der Waals surface area contributed by atoms with Crippen LogP contribution < -0.4 is 0 Å². The third-order valence-corrected chi connectivity index (χ3v) is 17.7. The molecule has 0 aromatic carbocycles. The van der Waals surface area contributed by atoms with Gasteiger partial charge in [0.25, 0.3) is 0 Å². The molecule has 0 saturated carbocycles. The van der Waals surface area contributed by atoms with E-state index in [4.69, 9.17) is 37.0 Å². The van der Waals surface area contributed by atoms with E-state index in [-0.39, 0.29) is 25.7 Å². The Balaban J connectivity index is 5.55. The molecule has 0 radical (unpaired) electrons. The third kappa shape index (κ3) is 77.8. The van der Waals surface area contributed by atoms with Crippen LogP contribution in [0.25, 0.3) is 0 Å². The summed E-state index contributed by atoms with van der Waals surface area (Å²) in [5, 5.41) is 10.6. The molecule has 0 aromatic rings. The number of unbranched alkanes of at least 4 members (excludes halogenated alkanes) is 14. The van der Waals surface area contributed by atoms with Gasteiger partial charge in [-0.1, -0.05) is 292 Å². The summed E-state index contributed by atoms with van der Waals surface area (Å²) in [5.74, 6) is -2.49. The van der Waals surface area contributed by atoms with Gasteiger partial charge in [-0.25, -0.2) is 9.13 Å². The zero-order valence-corrected chi connectivity index (χ0v) is 68.2. The molecule has 5 unspecified atom stereocenters. The monoisotopic (exact) mass is 1540 g/mol. The van der Waals surface area contributed by atoms with Crippen LogP contribution in [-0.4, -0.2) is 96.7 Å². The molecule has 0 aliphatic carbocycles. The highest BCUT2D eigenvalue weighted by Crippen LogP contribution is 2.45. The lowest BCUT2D eigenvalue weighted by Crippen LogP contribution is -2.30. The van der Waals surface area contributed by atoms with Crippen molar-refractivity contribution >= 4 is 39.5 Å². The summed E-state index contributed by atoms with van der Waals surface area (Å²) < 4.78 is 68.4. The van der Waals surface area contributed by atoms with E-state index in [1.54, 1.807) is 12.2 Å². The Hall–Kier alpha value is -6.36. The molecule has 0 spiro atoms. The van der Waals surface area contributed by atoms with Gasteiger partial charge in [-0.2, -0.15) is 0 Å². The van der Waals surface area contributed by atoms with Gasteiger partial charge in [-0.3, -0.25) is 37.3 Å². The van der Waals surface area contributed by atoms with Gasteiger partial charge in [-0.15, -0.1) is 0 Å². The summed E-state index contributed by atoms with van der Waals surface area (Å²) in [4.78, 5) is 73.0. The minimum absolute atomic E-state index is 0.0243. The van der Waals surface area contributed by atoms with Crippen LogP contribution in [0.2, 0.25) is 0 Å². The Morgan fingerprint density at radius 2 is 0.537 bits per heavy atom. The number of phosphoric ester groups is 2. The van der Waals surface area contributed by atoms with E-state index >= 15 is 0 Å². The van der Waals surface area contributed by atoms with Crippen molar-refractivity contribution in [2.24, 2.45) is 0 Å². The molecule has 0 fully saturated rings. The second-order valence-corrected chi connectivity index (χ2v) is 28.8. The molecule has 3 N–H and O–H groups in total. The molecule has 5 atom stereocenters. The van der Waals surface area contributed by atoms with Crippen molar-refractivity contribution in [1.29, 1.82) is 0 Å². The molecule has 0 aliphatic rings. The van der Waals surface area contributed by atoms with Crippen molar-refractivity contribution in [2.75, 3.05) is 39.6 Å². The first-order valence-corrected chi connectivity index (χ1v) is 43.3. The maximum absolute atomic E-state index is 13.1. The Labute approximate surface area is 652 Å². The Morgan fingerprint density at radius 3 is 0.898 bits per heavy atom. The van der Waals surface area contributed by atoms with E-state index in [1.807, 2.05) is 30.4 Å². The fourth-order valence-electron chi connectivity index (χ4n) is 9.75. The van der Waals surface area contributed by atoms with E-state index in [2.05, 4.69) is 192 Å². The van der Waals surface area contributed by atoms with E-state index in [0.29, 0.717) is 32.1 Å². The number of aliphatic hydroxyl groups excluding tert-OH is 1. The van der Waals surface area contributed by atoms with Crippen molar-refractivity contribution in [3.8, 4) is 0 Å². The van der Waals surface area contributed by atoms with Crippen LogP contribution in [-0.2, 0) is 65.4 Å². The summed E-state index contributed by atoms with van der Waals surface area (Å²) in [7, 11) is -10.0. The number of carbonyl (C=O) groups excluding carboxylic acids is 4. The van der Waals surface area contributed by atoms with Crippen LogP contribution in [0, 0.1) is 0 Å². The molecule has 0 bridgehead atoms. The molecule has 19 heteroatoms. The minimum atomic E-state index is -5.03. The molecule has 0 amide bonds. The van der Waals surface area contributed by atoms with Crippen molar-refractivity contribution in [1.82, 2.24) is 0 Å². The molecule has 608 valence electrons. The predicted molar refractivity (Wildman–Crippen MR) is 445 cm³/mol. The highest BCUT2D eigenvalue weighted by atomic mass is 31.2. The Bertz CT molecular complexity index is 2860. The van der Waals surface area contributed by atoms with Crippen LogP contribution in [0.4, 0.5) is 0 Å². The number of esters is 4. The SMILES string of the molecule is CC/C=C\C/C=C\C/C=C\C/C=C\C/C=C\C/C=C\CCC(=O)OCC(COP(=O)(O)OCC(O)COP(=O)(O)OCC(COC(=O)CCCCC/C=C\C/C=C\C/C=C\C/C=C\C/C=C\CC)OC(=O)C/C=C\C/C=C\C/C=C\C/C=C\C/C=C\CC)OC(=O)CCCCCCC/C=C\CCCCCCCC. The van der Waals surface area contributed by atoms with Crippen LogP contribution in [0.1, 0.15) is 272 Å². The average molecular weight is 1540 g/mol. The van der Waals surface area contributed by atoms with Crippen molar-refractivity contribution in [3.63, 3.8) is 0 Å². The zero-order valence-electron chi connectivity index (χ0n) is 66.4. The van der Waals surface area contributed by atoms with E-state index in [1.165, 1.54) is 38.5 Å². The van der Waals surface area contributed by atoms with Crippen LogP contribution in [0.15, 0.2) is 207 Å². The smallest absolute Gasteiger partial charge is 0.462 e. The molecule has 0 aromatic heterocycles. The van der Waals surface area contributed by atoms with Gasteiger partial charge >= 0.3 is 39.5 Å². The first kappa shape index (κ1) is 102. The van der Waals surface area contributed by atoms with Gasteiger partial charge in [0.05, 0.1) is 32.8 Å². The van der Waals surface area contributed by atoms with E-state index in [9.17, 15) is 43.2 Å². The lowest BCUT2D eigenvalue weighted by molar-refractivity contribution is -0.161. The summed E-state index contributed by atoms with van der Waals surface area (Å²) >= 11 is 0. The lowest BCUT2D eigenvalue weighted by Gasteiger charge is -2.21. The average Bonchev–Trinajstić information content (AvgIpc) is 0.923. The van der Waals surface area contributed by atoms with Gasteiger partial charge < -0.3 is 33.8 Å².